The van der Waals surface area contributed by atoms with Gasteiger partial charge in [-0.2, -0.15) is 0 Å². The van der Waals surface area contributed by atoms with E-state index in [-0.39, 0.29) is 24.6 Å². The average molecular weight is 401 g/mol. The van der Waals surface area contributed by atoms with Crippen molar-refractivity contribution in [1.29, 1.82) is 0 Å². The average Bonchev–Trinajstić information content (AvgIpc) is 2.68. The second kappa shape index (κ2) is 8.99. The molecule has 29 heavy (non-hydrogen) atoms. The van der Waals surface area contributed by atoms with Gasteiger partial charge in [-0.1, -0.05) is 45.0 Å². The van der Waals surface area contributed by atoms with Crippen LogP contribution in [0.2, 0.25) is 0 Å². The van der Waals surface area contributed by atoms with E-state index in [9.17, 15) is 9.59 Å². The first-order valence-corrected chi connectivity index (χ1v) is 11.3. The van der Waals surface area contributed by atoms with Crippen LogP contribution in [-0.2, 0) is 15.0 Å². The Labute approximate surface area is 177 Å². The normalized spacial score (nSPS) is 21.6. The number of nitrogens with zero attached hydrogens (tertiary/aromatic N) is 1. The highest BCUT2D eigenvalue weighted by Crippen LogP contribution is 2.48. The van der Waals surface area contributed by atoms with E-state index < -0.39 is 0 Å². The van der Waals surface area contributed by atoms with Gasteiger partial charge in [-0.25, -0.2) is 0 Å². The van der Waals surface area contributed by atoms with Crippen molar-refractivity contribution in [1.82, 2.24) is 10.2 Å². The molecule has 4 heteroatoms. The summed E-state index contributed by atoms with van der Waals surface area (Å²) in [4.78, 5) is 26.1. The number of nitrogens with one attached hydrogen (secondary N) is 1. The molecule has 1 aromatic carbocycles. The van der Waals surface area contributed by atoms with Crippen molar-refractivity contribution < 1.29 is 11.0 Å². The van der Waals surface area contributed by atoms with Gasteiger partial charge in [-0.3, -0.25) is 4.79 Å². The largest absolute Gasteiger partial charge is 0.349 e. The number of carbonyl (C=O) groups is 2. The molecule has 0 aromatic heterocycles. The number of carbonyl (C=O) groups excluding carboxylic acids is 2. The van der Waals surface area contributed by atoms with Crippen LogP contribution in [0.25, 0.3) is 0 Å². The minimum Gasteiger partial charge on any atom is -0.349 e. The minimum absolute atomic E-state index is 0. The predicted octanol–water partition coefficient (Wildman–Crippen LogP) is 5.02. The molecule has 1 spiro atoms. The SMILES string of the molecule is CC(=O)CCC(=O)N[C@@H]1CCC2(CCN(CCC(C)(C)C)CC2)c2ccccc21.[HH]. The Morgan fingerprint density at radius 2 is 1.83 bits per heavy atom. The van der Waals surface area contributed by atoms with Crippen molar-refractivity contribution in [2.24, 2.45) is 5.41 Å². The summed E-state index contributed by atoms with van der Waals surface area (Å²) in [6.45, 7) is 12.0. The Balaban J connectivity index is 0.00000320. The molecule has 2 aliphatic rings. The van der Waals surface area contributed by atoms with Crippen molar-refractivity contribution in [3.05, 3.63) is 35.4 Å². The molecule has 1 N–H and O–H groups in total. The van der Waals surface area contributed by atoms with Gasteiger partial charge in [0.05, 0.1) is 6.04 Å². The zero-order chi connectivity index (χ0) is 21.1. The molecule has 162 valence electrons. The van der Waals surface area contributed by atoms with Crippen LogP contribution in [0.5, 0.6) is 0 Å². The van der Waals surface area contributed by atoms with Crippen LogP contribution in [0.15, 0.2) is 24.3 Å². The molecule has 1 atom stereocenters. The molecule has 1 heterocycles. The van der Waals surface area contributed by atoms with Crippen molar-refractivity contribution in [3.8, 4) is 0 Å². The third-order valence-corrected chi connectivity index (χ3v) is 6.85. The topological polar surface area (TPSA) is 49.4 Å². The summed E-state index contributed by atoms with van der Waals surface area (Å²) >= 11 is 0. The second-order valence-corrected chi connectivity index (χ2v) is 10.4. The Hall–Kier alpha value is -1.68. The Morgan fingerprint density at radius 1 is 1.14 bits per heavy atom. The van der Waals surface area contributed by atoms with Crippen LogP contribution < -0.4 is 5.32 Å². The molecule has 1 saturated heterocycles. The summed E-state index contributed by atoms with van der Waals surface area (Å²) in [6.07, 6.45) is 6.40. The van der Waals surface area contributed by atoms with Crippen LogP contribution in [0.3, 0.4) is 0 Å². The van der Waals surface area contributed by atoms with Gasteiger partial charge in [0.1, 0.15) is 5.78 Å². The smallest absolute Gasteiger partial charge is 0.220 e. The fraction of sp³-hybridized carbons (Fsp3) is 0.680. The van der Waals surface area contributed by atoms with Crippen molar-refractivity contribution in [2.75, 3.05) is 19.6 Å². The highest BCUT2D eigenvalue weighted by molar-refractivity contribution is 5.83. The third kappa shape index (κ3) is 5.69. The number of piperidine rings is 1. The highest BCUT2D eigenvalue weighted by atomic mass is 16.2. The first kappa shape index (κ1) is 22.0. The number of benzene rings is 1. The van der Waals surface area contributed by atoms with Gasteiger partial charge in [0.2, 0.25) is 5.91 Å². The Bertz CT molecular complexity index is 733. The third-order valence-electron chi connectivity index (χ3n) is 6.85. The molecule has 3 rings (SSSR count). The van der Waals surface area contributed by atoms with E-state index in [2.05, 4.69) is 55.3 Å². The number of Topliss-reactive ketones (excluding diaryl/α,β-unsaturated/α-hetero) is 1. The summed E-state index contributed by atoms with van der Waals surface area (Å²) < 4.78 is 0. The van der Waals surface area contributed by atoms with Crippen molar-refractivity contribution in [3.63, 3.8) is 0 Å². The second-order valence-electron chi connectivity index (χ2n) is 10.4. The number of hydrogen-bond donors (Lipinski definition) is 1. The molecule has 4 nitrogen and oxygen atoms in total. The zero-order valence-corrected chi connectivity index (χ0v) is 18.7. The molecule has 1 aromatic rings. The summed E-state index contributed by atoms with van der Waals surface area (Å²) in [6, 6.07) is 8.79. The van der Waals surface area contributed by atoms with E-state index >= 15 is 0 Å². The predicted molar refractivity (Wildman–Crippen MR) is 120 cm³/mol. The number of likely N-dealkylation sites (tertiary alicyclic amines) is 1. The molecule has 0 bridgehead atoms. The summed E-state index contributed by atoms with van der Waals surface area (Å²) in [5.74, 6) is 0.0642. The maximum atomic E-state index is 12.3. The Kier molecular flexibility index (Phi) is 6.83. The van der Waals surface area contributed by atoms with Gasteiger partial charge >= 0.3 is 0 Å². The van der Waals surface area contributed by atoms with Gasteiger partial charge in [0.15, 0.2) is 0 Å². The van der Waals surface area contributed by atoms with Crippen molar-refractivity contribution in [2.45, 2.75) is 84.1 Å². The lowest BCUT2D eigenvalue weighted by atomic mass is 9.63. The van der Waals surface area contributed by atoms with E-state index in [0.717, 1.165) is 12.8 Å². The van der Waals surface area contributed by atoms with E-state index in [1.165, 1.54) is 50.0 Å². The van der Waals surface area contributed by atoms with Crippen LogP contribution in [-0.4, -0.2) is 36.2 Å². The Morgan fingerprint density at radius 3 is 2.48 bits per heavy atom. The van der Waals surface area contributed by atoms with E-state index in [0.29, 0.717) is 18.3 Å². The quantitative estimate of drug-likeness (QED) is 0.729. The van der Waals surface area contributed by atoms with Crippen LogP contribution in [0.4, 0.5) is 0 Å². The molecule has 1 aliphatic carbocycles. The molecular weight excluding hydrogens is 360 g/mol. The number of fused-ring (bicyclic) bond motifs is 2. The molecule has 1 fully saturated rings. The van der Waals surface area contributed by atoms with E-state index in [4.69, 9.17) is 0 Å². The first-order chi connectivity index (χ1) is 13.7. The van der Waals surface area contributed by atoms with Crippen LogP contribution in [0.1, 0.15) is 91.2 Å². The van der Waals surface area contributed by atoms with E-state index in [1.54, 1.807) is 6.92 Å². The number of amides is 1. The number of ketones is 1. The van der Waals surface area contributed by atoms with Crippen LogP contribution >= 0.6 is 0 Å². The van der Waals surface area contributed by atoms with E-state index in [1.807, 2.05) is 0 Å². The van der Waals surface area contributed by atoms with Gasteiger partial charge in [0, 0.05) is 14.3 Å². The minimum atomic E-state index is -0.00653. The molecular formula is C25H40N2O2. The summed E-state index contributed by atoms with van der Waals surface area (Å²) in [5, 5.41) is 3.20. The number of rotatable bonds is 6. The summed E-state index contributed by atoms with van der Waals surface area (Å²) in [5.41, 5.74) is 3.38. The molecule has 1 aliphatic heterocycles. The molecule has 0 saturated carbocycles. The standard InChI is InChI=1S/C25H38N2O2.H2/c1-19(28)9-10-23(29)26-22-11-12-25(21-8-6-5-7-20(21)22)14-17-27(18-15-25)16-13-24(2,3)4;/h5-8,22H,9-18H2,1-4H3,(H,26,29);1H/t22-;/m1./s1. The lowest BCUT2D eigenvalue weighted by molar-refractivity contribution is -0.125. The fourth-order valence-electron chi connectivity index (χ4n) is 4.92. The fourth-order valence-corrected chi connectivity index (χ4v) is 4.92. The monoisotopic (exact) mass is 400 g/mol. The van der Waals surface area contributed by atoms with Gasteiger partial charge in [-0.05, 0) is 80.6 Å². The first-order valence-electron chi connectivity index (χ1n) is 11.3. The highest BCUT2D eigenvalue weighted by Gasteiger charge is 2.42. The van der Waals surface area contributed by atoms with Crippen LogP contribution in [0, 0.1) is 5.41 Å². The molecule has 1 amide bonds. The maximum Gasteiger partial charge on any atom is 0.220 e. The summed E-state index contributed by atoms with van der Waals surface area (Å²) in [7, 11) is 0. The van der Waals surface area contributed by atoms with Gasteiger partial charge in [0.25, 0.3) is 0 Å². The van der Waals surface area contributed by atoms with Gasteiger partial charge < -0.3 is 15.0 Å². The lowest BCUT2D eigenvalue weighted by Crippen LogP contribution is -2.46. The maximum absolute atomic E-state index is 12.3. The zero-order valence-electron chi connectivity index (χ0n) is 18.7. The lowest BCUT2D eigenvalue weighted by Gasteiger charge is -2.47. The molecule has 0 unspecified atom stereocenters. The van der Waals surface area contributed by atoms with Gasteiger partial charge in [-0.15, -0.1) is 0 Å². The van der Waals surface area contributed by atoms with Crippen molar-refractivity contribution >= 4 is 11.7 Å². The number of hydrogen-bond acceptors (Lipinski definition) is 3. The molecule has 0 radical (unpaired) electrons.